The van der Waals surface area contributed by atoms with Gasteiger partial charge in [0.1, 0.15) is 6.04 Å². The predicted molar refractivity (Wildman–Crippen MR) is 146 cm³/mol. The molecule has 12 heteroatoms. The zero-order chi connectivity index (χ0) is 27.5. The van der Waals surface area contributed by atoms with Crippen molar-refractivity contribution in [3.63, 3.8) is 0 Å². The highest BCUT2D eigenvalue weighted by molar-refractivity contribution is 6.33. The van der Waals surface area contributed by atoms with Crippen molar-refractivity contribution in [2.75, 3.05) is 25.1 Å². The zero-order valence-electron chi connectivity index (χ0n) is 21.2. The highest BCUT2D eigenvalue weighted by Gasteiger charge is 2.35. The number of benzene rings is 1. The van der Waals surface area contributed by atoms with Gasteiger partial charge in [-0.2, -0.15) is 0 Å². The van der Waals surface area contributed by atoms with E-state index in [1.54, 1.807) is 31.3 Å². The molecule has 2 aliphatic rings. The first-order chi connectivity index (χ1) is 18.8. The van der Waals surface area contributed by atoms with Crippen LogP contribution in [0.2, 0.25) is 10.0 Å². The van der Waals surface area contributed by atoms with Crippen molar-refractivity contribution in [2.45, 2.75) is 44.4 Å². The molecule has 3 aromatic rings. The zero-order valence-corrected chi connectivity index (χ0v) is 22.7. The molecule has 4 heterocycles. The molecule has 1 saturated heterocycles. The van der Waals surface area contributed by atoms with Crippen LogP contribution in [0.4, 0.5) is 5.95 Å². The molecule has 0 aliphatic carbocycles. The smallest absolute Gasteiger partial charge is 0.255 e. The lowest BCUT2D eigenvalue weighted by Gasteiger charge is -2.25. The third kappa shape index (κ3) is 5.99. The first-order valence-corrected chi connectivity index (χ1v) is 13.4. The molecule has 2 atom stereocenters. The number of nitrogens with one attached hydrogen (secondary N) is 2. The predicted octanol–water partition coefficient (Wildman–Crippen LogP) is 3.63. The van der Waals surface area contributed by atoms with Gasteiger partial charge in [-0.1, -0.05) is 35.3 Å². The molecule has 0 bridgehead atoms. The first kappa shape index (κ1) is 27.3. The maximum atomic E-state index is 13.4. The molecule has 2 aromatic heterocycles. The van der Waals surface area contributed by atoms with E-state index in [1.165, 1.54) is 11.1 Å². The Morgan fingerprint density at radius 1 is 1.18 bits per heavy atom. The summed E-state index contributed by atoms with van der Waals surface area (Å²) >= 11 is 12.3. The fraction of sp³-hybridized carbons (Fsp3) is 0.370. The Bertz CT molecular complexity index is 1370. The van der Waals surface area contributed by atoms with Crippen LogP contribution >= 0.6 is 23.2 Å². The minimum Gasteiger partial charge on any atom is -0.394 e. The van der Waals surface area contributed by atoms with Crippen molar-refractivity contribution < 1.29 is 19.4 Å². The maximum absolute atomic E-state index is 13.4. The van der Waals surface area contributed by atoms with Crippen molar-refractivity contribution in [1.82, 2.24) is 25.2 Å². The summed E-state index contributed by atoms with van der Waals surface area (Å²) in [7, 11) is 0. The van der Waals surface area contributed by atoms with Crippen LogP contribution < -0.4 is 10.6 Å². The van der Waals surface area contributed by atoms with Crippen LogP contribution in [-0.2, 0) is 16.1 Å². The minimum absolute atomic E-state index is 0.219. The van der Waals surface area contributed by atoms with Gasteiger partial charge in [-0.3, -0.25) is 14.6 Å². The van der Waals surface area contributed by atoms with Gasteiger partial charge in [-0.25, -0.2) is 9.97 Å². The highest BCUT2D eigenvalue weighted by Crippen LogP contribution is 2.32. The Morgan fingerprint density at radius 2 is 1.97 bits per heavy atom. The van der Waals surface area contributed by atoms with E-state index in [9.17, 15) is 14.7 Å². The van der Waals surface area contributed by atoms with Crippen LogP contribution in [0.15, 0.2) is 42.7 Å². The molecule has 2 aliphatic heterocycles. The fourth-order valence-corrected chi connectivity index (χ4v) is 5.00. The monoisotopic (exact) mass is 570 g/mol. The summed E-state index contributed by atoms with van der Waals surface area (Å²) < 4.78 is 5.41. The van der Waals surface area contributed by atoms with Crippen LogP contribution in [0.1, 0.15) is 47.4 Å². The van der Waals surface area contributed by atoms with Gasteiger partial charge >= 0.3 is 0 Å². The number of aliphatic hydroxyl groups is 1. The molecular formula is C27H28Cl2N6O4. The average Bonchev–Trinajstić information content (AvgIpc) is 3.28. The number of rotatable bonds is 8. The molecule has 0 spiro atoms. The summed E-state index contributed by atoms with van der Waals surface area (Å²) in [5.74, 6) is -0.214. The van der Waals surface area contributed by atoms with E-state index in [2.05, 4.69) is 25.6 Å². The van der Waals surface area contributed by atoms with Crippen LogP contribution in [0.5, 0.6) is 0 Å². The van der Waals surface area contributed by atoms with Crippen molar-refractivity contribution in [1.29, 1.82) is 0 Å². The second kappa shape index (κ2) is 11.8. The number of fused-ring (bicyclic) bond motifs is 1. The number of ether oxygens (including phenoxy) is 1. The normalized spacial score (nSPS) is 17.0. The van der Waals surface area contributed by atoms with Gasteiger partial charge in [0, 0.05) is 43.1 Å². The molecule has 39 heavy (non-hydrogen) atoms. The SMILES string of the molecule is C[C@H](C(=O)N[C@@H](CO)c1ccc(Cl)cn1)N1Cc2ccc(-c3nc(NC4CCOCC4)ncc3Cl)cc2C1=O. The maximum Gasteiger partial charge on any atom is 0.255 e. The third-order valence-electron chi connectivity index (χ3n) is 6.97. The van der Waals surface area contributed by atoms with Crippen molar-refractivity contribution >= 4 is 41.0 Å². The van der Waals surface area contributed by atoms with Gasteiger partial charge in [0.2, 0.25) is 11.9 Å². The van der Waals surface area contributed by atoms with E-state index in [1.807, 2.05) is 12.1 Å². The summed E-state index contributed by atoms with van der Waals surface area (Å²) in [5.41, 5.74) is 2.95. The van der Waals surface area contributed by atoms with E-state index >= 15 is 0 Å². The molecule has 204 valence electrons. The molecule has 2 amide bonds. The number of amides is 2. The van der Waals surface area contributed by atoms with Gasteiger partial charge in [-0.15, -0.1) is 0 Å². The van der Waals surface area contributed by atoms with Gasteiger partial charge in [-0.05, 0) is 43.5 Å². The summed E-state index contributed by atoms with van der Waals surface area (Å²) in [6.07, 6.45) is 4.73. The number of halogens is 2. The number of carbonyl (C=O) groups excluding carboxylic acids is 2. The molecule has 3 N–H and O–H groups in total. The lowest BCUT2D eigenvalue weighted by molar-refractivity contribution is -0.126. The number of aromatic nitrogens is 3. The number of anilines is 1. The van der Waals surface area contributed by atoms with Crippen molar-refractivity contribution in [3.8, 4) is 11.3 Å². The second-order valence-corrected chi connectivity index (χ2v) is 10.4. The van der Waals surface area contributed by atoms with E-state index in [0.29, 0.717) is 51.7 Å². The quantitative estimate of drug-likeness (QED) is 0.374. The molecule has 5 rings (SSSR count). The second-order valence-electron chi connectivity index (χ2n) is 9.55. The Kier molecular flexibility index (Phi) is 8.27. The number of hydrogen-bond donors (Lipinski definition) is 3. The number of hydrogen-bond acceptors (Lipinski definition) is 8. The standard InChI is InChI=1S/C27H28Cl2N6O4/c1-15(25(37)33-23(14-36)22-5-4-18(28)11-30-22)35-13-17-3-2-16(10-20(17)26(35)38)24-21(29)12-31-27(34-24)32-19-6-8-39-9-7-19/h2-5,10-12,15,19,23,36H,6-9,13-14H2,1H3,(H,33,37)(H,31,32,34)/t15-,23+/m1/s1. The van der Waals surface area contributed by atoms with E-state index in [-0.39, 0.29) is 25.1 Å². The molecule has 1 aromatic carbocycles. The van der Waals surface area contributed by atoms with E-state index in [0.717, 1.165) is 18.4 Å². The Morgan fingerprint density at radius 3 is 2.69 bits per heavy atom. The van der Waals surface area contributed by atoms with Crippen molar-refractivity contribution in [2.24, 2.45) is 0 Å². The number of carbonyl (C=O) groups is 2. The van der Waals surface area contributed by atoms with E-state index < -0.39 is 18.0 Å². The number of pyridine rings is 1. The Hall–Kier alpha value is -3.31. The summed E-state index contributed by atoms with van der Waals surface area (Å²) in [5, 5.41) is 16.7. The summed E-state index contributed by atoms with van der Waals surface area (Å²) in [4.78, 5) is 41.0. The van der Waals surface area contributed by atoms with Crippen molar-refractivity contribution in [3.05, 3.63) is 69.6 Å². The van der Waals surface area contributed by atoms with E-state index in [4.69, 9.17) is 27.9 Å². The average molecular weight is 571 g/mol. The van der Waals surface area contributed by atoms with Gasteiger partial charge < -0.3 is 25.4 Å². The molecule has 0 unspecified atom stereocenters. The molecule has 0 saturated carbocycles. The Labute approximate surface area is 235 Å². The Balaban J connectivity index is 1.30. The van der Waals surface area contributed by atoms with Crippen LogP contribution in [0.3, 0.4) is 0 Å². The third-order valence-corrected chi connectivity index (χ3v) is 7.47. The highest BCUT2D eigenvalue weighted by atomic mass is 35.5. The minimum atomic E-state index is -0.785. The van der Waals surface area contributed by atoms with Crippen LogP contribution in [0.25, 0.3) is 11.3 Å². The lowest BCUT2D eigenvalue weighted by Crippen LogP contribution is -2.46. The fourth-order valence-electron chi connectivity index (χ4n) is 4.69. The van der Waals surface area contributed by atoms with Crippen LogP contribution in [-0.4, -0.2) is 68.7 Å². The van der Waals surface area contributed by atoms with Gasteiger partial charge in [0.25, 0.3) is 5.91 Å². The largest absolute Gasteiger partial charge is 0.394 e. The molecule has 10 nitrogen and oxygen atoms in total. The van der Waals surface area contributed by atoms with Crippen LogP contribution in [0, 0.1) is 0 Å². The molecular weight excluding hydrogens is 543 g/mol. The molecule has 1 fully saturated rings. The summed E-state index contributed by atoms with van der Waals surface area (Å²) in [6.45, 7) is 2.96. The number of nitrogens with zero attached hydrogens (tertiary/aromatic N) is 4. The van der Waals surface area contributed by atoms with Gasteiger partial charge in [0.15, 0.2) is 0 Å². The lowest BCUT2D eigenvalue weighted by atomic mass is 10.0. The number of aliphatic hydroxyl groups excluding tert-OH is 1. The first-order valence-electron chi connectivity index (χ1n) is 12.7. The summed E-state index contributed by atoms with van der Waals surface area (Å²) in [6, 6.07) is 7.44. The topological polar surface area (TPSA) is 130 Å². The van der Waals surface area contributed by atoms with Gasteiger partial charge in [0.05, 0.1) is 40.3 Å². The molecule has 0 radical (unpaired) electrons.